The maximum absolute atomic E-state index is 15.7. The molecule has 2 saturated heterocycles. The number of anilines is 2. The molecule has 2 fully saturated rings. The first kappa shape index (κ1) is 24.3. The highest BCUT2D eigenvalue weighted by molar-refractivity contribution is 5.81. The quantitative estimate of drug-likeness (QED) is 0.444. The molecule has 192 valence electrons. The fraction of sp³-hybridized carbons (Fsp3) is 0.478. The van der Waals surface area contributed by atoms with E-state index >= 15 is 4.39 Å². The molecule has 0 bridgehead atoms. The van der Waals surface area contributed by atoms with Crippen LogP contribution in [0.2, 0.25) is 0 Å². The van der Waals surface area contributed by atoms with Crippen LogP contribution in [0.5, 0.6) is 0 Å². The van der Waals surface area contributed by atoms with Crippen LogP contribution in [-0.4, -0.2) is 98.5 Å². The minimum atomic E-state index is -1.49. The third kappa shape index (κ3) is 4.81. The number of carbonyl (C=O) groups excluding carboxylic acids is 1. The standard InChI is InChI=1S/C23H27F2N7O4/c24-14-3-4-18-26-10-16(32(18)11-14)20-28-21(19(25)22(29-20)30-6-8-36-9-7-30)27-15-2-1-5-31(12-15)23(35)17(34)13-33/h3-4,10-11,15,17,33-34H,1-2,5-9,12-13H2,(H,27,28,29)/t15-,17-/m1/s1. The number of carbonyl (C=O) groups is 1. The second kappa shape index (κ2) is 10.3. The van der Waals surface area contributed by atoms with E-state index in [-0.39, 0.29) is 30.0 Å². The van der Waals surface area contributed by atoms with Crippen molar-refractivity contribution < 1.29 is 28.5 Å². The molecule has 2 aliphatic rings. The molecule has 3 aromatic heterocycles. The highest BCUT2D eigenvalue weighted by atomic mass is 19.1. The van der Waals surface area contributed by atoms with Gasteiger partial charge in [0.15, 0.2) is 23.6 Å². The molecular formula is C23H27F2N7O4. The predicted octanol–water partition coefficient (Wildman–Crippen LogP) is 0.662. The number of rotatable bonds is 6. The molecule has 0 aliphatic carbocycles. The number of hydrogen-bond donors (Lipinski definition) is 3. The maximum atomic E-state index is 15.7. The number of nitrogens with zero attached hydrogens (tertiary/aromatic N) is 6. The van der Waals surface area contributed by atoms with Gasteiger partial charge in [0.25, 0.3) is 5.91 Å². The SMILES string of the molecule is O=C([C@H](O)CO)N1CCC[C@@H](Nc2nc(-c3cnc4ccc(F)cn34)nc(N3CCOCC3)c2F)C1. The van der Waals surface area contributed by atoms with E-state index in [9.17, 15) is 14.3 Å². The molecule has 0 unspecified atom stereocenters. The lowest BCUT2D eigenvalue weighted by molar-refractivity contribution is -0.143. The molecule has 0 spiro atoms. The van der Waals surface area contributed by atoms with Crippen molar-refractivity contribution in [3.63, 3.8) is 0 Å². The van der Waals surface area contributed by atoms with Gasteiger partial charge in [-0.05, 0) is 25.0 Å². The first-order valence-corrected chi connectivity index (χ1v) is 11.8. The second-order valence-electron chi connectivity index (χ2n) is 8.82. The molecule has 3 aromatic rings. The molecule has 11 nitrogen and oxygen atoms in total. The van der Waals surface area contributed by atoms with Crippen LogP contribution < -0.4 is 10.2 Å². The molecule has 5 heterocycles. The Hall–Kier alpha value is -3.42. The van der Waals surface area contributed by atoms with E-state index in [1.807, 2.05) is 0 Å². The van der Waals surface area contributed by atoms with Gasteiger partial charge in [0, 0.05) is 38.4 Å². The number of ether oxygens (including phenoxy) is 1. The molecule has 3 N–H and O–H groups in total. The molecular weight excluding hydrogens is 476 g/mol. The Labute approximate surface area is 205 Å². The monoisotopic (exact) mass is 503 g/mol. The Balaban J connectivity index is 1.50. The van der Waals surface area contributed by atoms with Crippen molar-refractivity contribution in [2.45, 2.75) is 25.0 Å². The average Bonchev–Trinajstić information content (AvgIpc) is 3.32. The Morgan fingerprint density at radius 1 is 1.22 bits per heavy atom. The van der Waals surface area contributed by atoms with Crippen molar-refractivity contribution >= 4 is 23.2 Å². The number of aromatic nitrogens is 4. The Kier molecular flexibility index (Phi) is 6.94. The second-order valence-corrected chi connectivity index (χ2v) is 8.82. The summed E-state index contributed by atoms with van der Waals surface area (Å²) >= 11 is 0. The van der Waals surface area contributed by atoms with Gasteiger partial charge in [-0.25, -0.2) is 19.3 Å². The van der Waals surface area contributed by atoms with Crippen molar-refractivity contribution in [2.75, 3.05) is 56.2 Å². The summed E-state index contributed by atoms with van der Waals surface area (Å²) in [6.07, 6.45) is 2.56. The Morgan fingerprint density at radius 2 is 2.03 bits per heavy atom. The smallest absolute Gasteiger partial charge is 0.253 e. The van der Waals surface area contributed by atoms with Crippen molar-refractivity contribution in [1.82, 2.24) is 24.3 Å². The van der Waals surface area contributed by atoms with Gasteiger partial charge in [0.05, 0.1) is 26.0 Å². The summed E-state index contributed by atoms with van der Waals surface area (Å²) in [7, 11) is 0. The van der Waals surface area contributed by atoms with E-state index in [1.54, 1.807) is 4.90 Å². The lowest BCUT2D eigenvalue weighted by Crippen LogP contribution is -2.49. The van der Waals surface area contributed by atoms with E-state index in [4.69, 9.17) is 9.84 Å². The third-order valence-corrected chi connectivity index (χ3v) is 6.37. The Morgan fingerprint density at radius 3 is 2.81 bits per heavy atom. The zero-order chi connectivity index (χ0) is 25.2. The number of aliphatic hydroxyl groups excluding tert-OH is 2. The van der Waals surface area contributed by atoms with E-state index in [1.165, 1.54) is 33.8 Å². The van der Waals surface area contributed by atoms with Gasteiger partial charge in [-0.3, -0.25) is 9.20 Å². The molecule has 0 radical (unpaired) electrons. The van der Waals surface area contributed by atoms with Gasteiger partial charge >= 0.3 is 0 Å². The fourth-order valence-corrected chi connectivity index (χ4v) is 4.53. The summed E-state index contributed by atoms with van der Waals surface area (Å²) < 4.78 is 36.6. The summed E-state index contributed by atoms with van der Waals surface area (Å²) in [4.78, 5) is 28.8. The number of morpholine rings is 1. The van der Waals surface area contributed by atoms with E-state index in [0.29, 0.717) is 57.0 Å². The first-order valence-electron chi connectivity index (χ1n) is 11.8. The number of pyridine rings is 1. The number of halogens is 2. The van der Waals surface area contributed by atoms with Gasteiger partial charge in [-0.2, -0.15) is 4.39 Å². The van der Waals surface area contributed by atoms with Crippen LogP contribution in [0.1, 0.15) is 12.8 Å². The highest BCUT2D eigenvalue weighted by Crippen LogP contribution is 2.29. The van der Waals surface area contributed by atoms with Crippen LogP contribution in [-0.2, 0) is 9.53 Å². The van der Waals surface area contributed by atoms with E-state index in [2.05, 4.69) is 20.3 Å². The lowest BCUT2D eigenvalue weighted by atomic mass is 10.0. The number of imidazole rings is 1. The number of amides is 1. The number of aliphatic hydroxyl groups is 2. The zero-order valence-corrected chi connectivity index (χ0v) is 19.5. The van der Waals surface area contributed by atoms with Crippen molar-refractivity contribution in [2.24, 2.45) is 0 Å². The summed E-state index contributed by atoms with van der Waals surface area (Å²) in [5.41, 5.74) is 0.888. The minimum absolute atomic E-state index is 0.0464. The molecule has 2 atom stereocenters. The number of fused-ring (bicyclic) bond motifs is 1. The summed E-state index contributed by atoms with van der Waals surface area (Å²) in [5, 5.41) is 22.0. The van der Waals surface area contributed by atoms with Gasteiger partial charge in [0.2, 0.25) is 5.82 Å². The van der Waals surface area contributed by atoms with Crippen LogP contribution in [0.3, 0.4) is 0 Å². The molecule has 36 heavy (non-hydrogen) atoms. The van der Waals surface area contributed by atoms with Crippen LogP contribution in [0.15, 0.2) is 24.5 Å². The largest absolute Gasteiger partial charge is 0.393 e. The van der Waals surface area contributed by atoms with Gasteiger partial charge < -0.3 is 30.1 Å². The topological polar surface area (TPSA) is 128 Å². The van der Waals surface area contributed by atoms with Crippen molar-refractivity contribution in [3.8, 4) is 11.5 Å². The maximum Gasteiger partial charge on any atom is 0.253 e. The van der Waals surface area contributed by atoms with Crippen LogP contribution in [0.25, 0.3) is 17.2 Å². The number of nitrogens with one attached hydrogen (secondary N) is 1. The average molecular weight is 504 g/mol. The zero-order valence-electron chi connectivity index (χ0n) is 19.5. The molecule has 2 aliphatic heterocycles. The molecule has 0 aromatic carbocycles. The van der Waals surface area contributed by atoms with Gasteiger partial charge in [-0.15, -0.1) is 0 Å². The van der Waals surface area contributed by atoms with E-state index < -0.39 is 30.3 Å². The van der Waals surface area contributed by atoms with Gasteiger partial charge in [0.1, 0.15) is 17.2 Å². The number of piperidine rings is 1. The predicted molar refractivity (Wildman–Crippen MR) is 125 cm³/mol. The van der Waals surface area contributed by atoms with Crippen molar-refractivity contribution in [3.05, 3.63) is 36.2 Å². The fourth-order valence-electron chi connectivity index (χ4n) is 4.53. The van der Waals surface area contributed by atoms with Crippen molar-refractivity contribution in [1.29, 1.82) is 0 Å². The summed E-state index contributed by atoms with van der Waals surface area (Å²) in [6, 6.07) is 2.48. The van der Waals surface area contributed by atoms with Crippen LogP contribution >= 0.6 is 0 Å². The van der Waals surface area contributed by atoms with Gasteiger partial charge in [-0.1, -0.05) is 0 Å². The molecule has 5 rings (SSSR count). The molecule has 0 saturated carbocycles. The number of likely N-dealkylation sites (tertiary alicyclic amines) is 1. The summed E-state index contributed by atoms with van der Waals surface area (Å²) in [6.45, 7) is 1.71. The molecule has 13 heteroatoms. The summed E-state index contributed by atoms with van der Waals surface area (Å²) in [5.74, 6) is -1.47. The normalized spacial score (nSPS) is 19.5. The molecule has 1 amide bonds. The lowest BCUT2D eigenvalue weighted by Gasteiger charge is -2.34. The third-order valence-electron chi connectivity index (χ3n) is 6.37. The first-order chi connectivity index (χ1) is 17.4. The van der Waals surface area contributed by atoms with E-state index in [0.717, 1.165) is 0 Å². The van der Waals surface area contributed by atoms with Crippen LogP contribution in [0.4, 0.5) is 20.4 Å². The van der Waals surface area contributed by atoms with Crippen LogP contribution in [0, 0.1) is 11.6 Å². The highest BCUT2D eigenvalue weighted by Gasteiger charge is 2.30. The Bertz CT molecular complexity index is 1250. The minimum Gasteiger partial charge on any atom is -0.393 e. The number of hydrogen-bond acceptors (Lipinski definition) is 9.